The SMILES string of the molecule is CN(Cc1cn(-c2ccccc2)nc1-c1cccs1)C(=O)Cn1cnnn1. The molecule has 136 valence electrons. The lowest BCUT2D eigenvalue weighted by atomic mass is 10.2. The summed E-state index contributed by atoms with van der Waals surface area (Å²) < 4.78 is 3.26. The van der Waals surface area contributed by atoms with Gasteiger partial charge < -0.3 is 4.90 Å². The van der Waals surface area contributed by atoms with Gasteiger partial charge in [-0.3, -0.25) is 4.79 Å². The first-order chi connectivity index (χ1) is 13.2. The van der Waals surface area contributed by atoms with Crippen molar-refractivity contribution in [3.63, 3.8) is 0 Å². The predicted molar refractivity (Wildman–Crippen MR) is 101 cm³/mol. The number of para-hydroxylation sites is 1. The van der Waals surface area contributed by atoms with E-state index in [4.69, 9.17) is 5.10 Å². The van der Waals surface area contributed by atoms with Crippen LogP contribution in [0, 0.1) is 0 Å². The monoisotopic (exact) mass is 379 g/mol. The standard InChI is InChI=1S/C18H17N7OS/c1-23(17(26)12-24-13-19-21-22-24)10-14-11-25(15-6-3-2-4-7-15)20-18(14)16-8-5-9-27-16/h2-9,11,13H,10,12H2,1H3. The fourth-order valence-corrected chi connectivity index (χ4v) is 3.46. The van der Waals surface area contributed by atoms with E-state index in [0.717, 1.165) is 21.8 Å². The number of aromatic nitrogens is 6. The molecule has 0 radical (unpaired) electrons. The highest BCUT2D eigenvalue weighted by Crippen LogP contribution is 2.28. The summed E-state index contributed by atoms with van der Waals surface area (Å²) in [5.74, 6) is -0.0770. The Morgan fingerprint density at radius 1 is 1.19 bits per heavy atom. The zero-order chi connectivity index (χ0) is 18.6. The molecule has 0 aliphatic rings. The molecule has 0 saturated carbocycles. The van der Waals surface area contributed by atoms with Crippen molar-refractivity contribution in [1.82, 2.24) is 34.9 Å². The van der Waals surface area contributed by atoms with Crippen molar-refractivity contribution in [2.75, 3.05) is 7.05 Å². The molecule has 9 heteroatoms. The van der Waals surface area contributed by atoms with Gasteiger partial charge in [0.25, 0.3) is 0 Å². The molecule has 0 aliphatic carbocycles. The molecule has 0 unspecified atom stereocenters. The third-order valence-corrected chi connectivity index (χ3v) is 4.96. The van der Waals surface area contributed by atoms with Gasteiger partial charge in [-0.2, -0.15) is 5.10 Å². The largest absolute Gasteiger partial charge is 0.340 e. The summed E-state index contributed by atoms with van der Waals surface area (Å²) in [6, 6.07) is 14.0. The molecule has 3 heterocycles. The topological polar surface area (TPSA) is 81.7 Å². The lowest BCUT2D eigenvalue weighted by molar-refractivity contribution is -0.131. The highest BCUT2D eigenvalue weighted by Gasteiger charge is 2.18. The number of nitrogens with zero attached hydrogens (tertiary/aromatic N) is 7. The summed E-state index contributed by atoms with van der Waals surface area (Å²) in [4.78, 5) is 15.2. The maximum absolute atomic E-state index is 12.5. The Bertz CT molecular complexity index is 1010. The molecule has 4 rings (SSSR count). The van der Waals surface area contributed by atoms with E-state index < -0.39 is 0 Å². The maximum Gasteiger partial charge on any atom is 0.244 e. The van der Waals surface area contributed by atoms with Gasteiger partial charge in [-0.25, -0.2) is 9.36 Å². The van der Waals surface area contributed by atoms with E-state index in [-0.39, 0.29) is 12.5 Å². The first-order valence-electron chi connectivity index (χ1n) is 8.33. The first-order valence-corrected chi connectivity index (χ1v) is 9.21. The quantitative estimate of drug-likeness (QED) is 0.513. The zero-order valence-electron chi connectivity index (χ0n) is 14.6. The maximum atomic E-state index is 12.5. The van der Waals surface area contributed by atoms with Crippen LogP contribution in [-0.4, -0.2) is 47.8 Å². The summed E-state index contributed by atoms with van der Waals surface area (Å²) >= 11 is 1.63. The van der Waals surface area contributed by atoms with Gasteiger partial charge in [0.2, 0.25) is 5.91 Å². The van der Waals surface area contributed by atoms with Crippen LogP contribution in [0.4, 0.5) is 0 Å². The van der Waals surface area contributed by atoms with E-state index in [1.807, 2.05) is 58.7 Å². The van der Waals surface area contributed by atoms with E-state index in [2.05, 4.69) is 15.5 Å². The summed E-state index contributed by atoms with van der Waals surface area (Å²) in [5, 5.41) is 17.6. The van der Waals surface area contributed by atoms with E-state index in [0.29, 0.717) is 6.54 Å². The summed E-state index contributed by atoms with van der Waals surface area (Å²) in [7, 11) is 1.77. The molecule has 1 amide bonds. The van der Waals surface area contributed by atoms with Crippen LogP contribution in [0.3, 0.4) is 0 Å². The van der Waals surface area contributed by atoms with E-state index in [1.54, 1.807) is 23.3 Å². The molecule has 0 bridgehead atoms. The number of hydrogen-bond donors (Lipinski definition) is 0. The molecule has 0 N–H and O–H groups in total. The van der Waals surface area contributed by atoms with Crippen LogP contribution >= 0.6 is 11.3 Å². The molecule has 0 atom stereocenters. The number of thiophene rings is 1. The minimum atomic E-state index is -0.0770. The number of carbonyl (C=O) groups excluding carboxylic acids is 1. The molecule has 1 aromatic carbocycles. The summed E-state index contributed by atoms with van der Waals surface area (Å²) in [6.45, 7) is 0.547. The second-order valence-corrected chi connectivity index (χ2v) is 6.97. The predicted octanol–water partition coefficient (Wildman–Crippen LogP) is 2.25. The van der Waals surface area contributed by atoms with Crippen LogP contribution in [-0.2, 0) is 17.9 Å². The van der Waals surface area contributed by atoms with Gasteiger partial charge in [0.15, 0.2) is 0 Å². The van der Waals surface area contributed by atoms with Gasteiger partial charge in [-0.05, 0) is 34.0 Å². The lowest BCUT2D eigenvalue weighted by Gasteiger charge is -2.16. The van der Waals surface area contributed by atoms with Gasteiger partial charge in [-0.1, -0.05) is 24.3 Å². The summed E-state index contributed by atoms with van der Waals surface area (Å²) in [6.07, 6.45) is 3.40. The second-order valence-electron chi connectivity index (χ2n) is 6.02. The van der Waals surface area contributed by atoms with Crippen molar-refractivity contribution in [3.05, 3.63) is 65.9 Å². The minimum Gasteiger partial charge on any atom is -0.340 e. The van der Waals surface area contributed by atoms with Crippen LogP contribution in [0.15, 0.2) is 60.4 Å². The Morgan fingerprint density at radius 2 is 2.04 bits per heavy atom. The molecule has 27 heavy (non-hydrogen) atoms. The Hall–Kier alpha value is -3.33. The zero-order valence-corrected chi connectivity index (χ0v) is 15.5. The minimum absolute atomic E-state index is 0.0770. The molecule has 0 saturated heterocycles. The molecular weight excluding hydrogens is 362 g/mol. The van der Waals surface area contributed by atoms with E-state index >= 15 is 0 Å². The third-order valence-electron chi connectivity index (χ3n) is 4.09. The Labute approximate surface area is 159 Å². The van der Waals surface area contributed by atoms with Crippen LogP contribution in [0.5, 0.6) is 0 Å². The second kappa shape index (κ2) is 7.50. The highest BCUT2D eigenvalue weighted by molar-refractivity contribution is 7.13. The van der Waals surface area contributed by atoms with Crippen LogP contribution in [0.2, 0.25) is 0 Å². The number of carbonyl (C=O) groups is 1. The number of amides is 1. The lowest BCUT2D eigenvalue weighted by Crippen LogP contribution is -2.30. The Balaban J connectivity index is 1.61. The van der Waals surface area contributed by atoms with Gasteiger partial charge in [-0.15, -0.1) is 16.4 Å². The average Bonchev–Trinajstić information content (AvgIpc) is 3.44. The van der Waals surface area contributed by atoms with Crippen molar-refractivity contribution in [1.29, 1.82) is 0 Å². The van der Waals surface area contributed by atoms with Crippen molar-refractivity contribution in [3.8, 4) is 16.3 Å². The third kappa shape index (κ3) is 3.77. The molecule has 0 spiro atoms. The molecule has 4 aromatic rings. The fourth-order valence-electron chi connectivity index (χ4n) is 2.71. The number of hydrogen-bond acceptors (Lipinski definition) is 6. The molecule has 8 nitrogen and oxygen atoms in total. The van der Waals surface area contributed by atoms with Crippen molar-refractivity contribution in [2.45, 2.75) is 13.1 Å². The van der Waals surface area contributed by atoms with Crippen molar-refractivity contribution >= 4 is 17.2 Å². The number of tetrazole rings is 1. The summed E-state index contributed by atoms with van der Waals surface area (Å²) in [5.41, 5.74) is 2.84. The number of benzene rings is 1. The smallest absolute Gasteiger partial charge is 0.244 e. The van der Waals surface area contributed by atoms with Gasteiger partial charge in [0, 0.05) is 25.4 Å². The van der Waals surface area contributed by atoms with E-state index in [1.165, 1.54) is 11.0 Å². The number of rotatable bonds is 6. The van der Waals surface area contributed by atoms with Crippen LogP contribution < -0.4 is 0 Å². The number of likely N-dealkylation sites (N-methyl/N-ethyl adjacent to an activating group) is 1. The Kier molecular flexibility index (Phi) is 4.75. The van der Waals surface area contributed by atoms with Gasteiger partial charge in [0.1, 0.15) is 18.6 Å². The first kappa shape index (κ1) is 17.1. The Morgan fingerprint density at radius 3 is 2.74 bits per heavy atom. The van der Waals surface area contributed by atoms with Crippen LogP contribution in [0.25, 0.3) is 16.3 Å². The van der Waals surface area contributed by atoms with Crippen molar-refractivity contribution < 1.29 is 4.79 Å². The van der Waals surface area contributed by atoms with E-state index in [9.17, 15) is 4.79 Å². The molecule has 3 aromatic heterocycles. The molecular formula is C18H17N7OS. The highest BCUT2D eigenvalue weighted by atomic mass is 32.1. The van der Waals surface area contributed by atoms with Crippen LogP contribution in [0.1, 0.15) is 5.56 Å². The molecule has 0 aliphatic heterocycles. The molecule has 0 fully saturated rings. The van der Waals surface area contributed by atoms with Gasteiger partial charge in [0.05, 0.1) is 10.6 Å². The normalized spacial score (nSPS) is 10.9. The van der Waals surface area contributed by atoms with Crippen molar-refractivity contribution in [2.24, 2.45) is 0 Å². The average molecular weight is 379 g/mol. The van der Waals surface area contributed by atoms with Gasteiger partial charge >= 0.3 is 0 Å². The fraction of sp³-hybridized carbons (Fsp3) is 0.167.